The number of hydrogen-bond donors (Lipinski definition) is 1. The quantitative estimate of drug-likeness (QED) is 0.871. The highest BCUT2D eigenvalue weighted by Gasteiger charge is 2.49. The highest BCUT2D eigenvalue weighted by Crippen LogP contribution is 2.52. The summed E-state index contributed by atoms with van der Waals surface area (Å²) in [5, 5.41) is 9.87. The van der Waals surface area contributed by atoms with Crippen molar-refractivity contribution in [1.82, 2.24) is 0 Å². The number of halogens is 1. The second kappa shape index (κ2) is 3.60. The molecular weight excluding hydrogens is 252 g/mol. The van der Waals surface area contributed by atoms with Gasteiger partial charge in [0.05, 0.1) is 6.10 Å². The lowest BCUT2D eigenvalue weighted by Gasteiger charge is -2.22. The zero-order valence-electron chi connectivity index (χ0n) is 9.47. The summed E-state index contributed by atoms with van der Waals surface area (Å²) in [5.74, 6) is 0. The first-order chi connectivity index (χ1) is 6.99. The lowest BCUT2D eigenvalue weighted by Crippen LogP contribution is -2.23. The molecule has 15 heavy (non-hydrogen) atoms. The summed E-state index contributed by atoms with van der Waals surface area (Å²) in [4.78, 5) is 0. The van der Waals surface area contributed by atoms with Gasteiger partial charge in [0.15, 0.2) is 0 Å². The molecule has 0 amide bonds. The predicted molar refractivity (Wildman–Crippen MR) is 66.2 cm³/mol. The second-order valence-corrected chi connectivity index (χ2v) is 5.49. The Labute approximate surface area is 99.6 Å². The van der Waals surface area contributed by atoms with Gasteiger partial charge in [-0.2, -0.15) is 0 Å². The molecule has 0 heterocycles. The van der Waals surface area contributed by atoms with Gasteiger partial charge in [-0.25, -0.2) is 0 Å². The average Bonchev–Trinajstić information content (AvgIpc) is 2.95. The van der Waals surface area contributed by atoms with Crippen LogP contribution in [0.2, 0.25) is 0 Å². The molecule has 2 heteroatoms. The van der Waals surface area contributed by atoms with E-state index in [4.69, 9.17) is 0 Å². The van der Waals surface area contributed by atoms with Crippen molar-refractivity contribution in [3.63, 3.8) is 0 Å². The number of aryl methyl sites for hydroxylation is 1. The van der Waals surface area contributed by atoms with Crippen LogP contribution >= 0.6 is 15.9 Å². The van der Waals surface area contributed by atoms with E-state index in [1.165, 1.54) is 21.2 Å². The average molecular weight is 269 g/mol. The molecule has 1 aromatic rings. The van der Waals surface area contributed by atoms with E-state index in [2.05, 4.69) is 41.9 Å². The number of benzene rings is 1. The Bertz CT molecular complexity index is 392. The van der Waals surface area contributed by atoms with E-state index in [1.807, 2.05) is 6.92 Å². The Morgan fingerprint density at radius 3 is 2.40 bits per heavy atom. The molecule has 1 aromatic carbocycles. The minimum Gasteiger partial charge on any atom is -0.392 e. The molecule has 0 bridgehead atoms. The molecule has 0 aromatic heterocycles. The lowest BCUT2D eigenvalue weighted by atomic mass is 9.87. The first kappa shape index (κ1) is 11.2. The Hall–Kier alpha value is -0.340. The molecule has 1 unspecified atom stereocenters. The third-order valence-corrected chi connectivity index (χ3v) is 4.92. The Balaban J connectivity index is 2.51. The molecule has 1 N–H and O–H groups in total. The van der Waals surface area contributed by atoms with E-state index in [-0.39, 0.29) is 11.5 Å². The lowest BCUT2D eigenvalue weighted by molar-refractivity contribution is 0.150. The molecule has 1 atom stereocenters. The summed E-state index contributed by atoms with van der Waals surface area (Å²) in [6.45, 7) is 6.14. The van der Waals surface area contributed by atoms with Crippen LogP contribution in [-0.4, -0.2) is 11.2 Å². The van der Waals surface area contributed by atoms with Gasteiger partial charge in [0.2, 0.25) is 0 Å². The highest BCUT2D eigenvalue weighted by atomic mass is 79.9. The topological polar surface area (TPSA) is 20.2 Å². The molecule has 1 aliphatic rings. The van der Waals surface area contributed by atoms with Crippen molar-refractivity contribution in [2.24, 2.45) is 0 Å². The summed E-state index contributed by atoms with van der Waals surface area (Å²) in [6, 6.07) is 4.31. The summed E-state index contributed by atoms with van der Waals surface area (Å²) in [5.41, 5.74) is 3.90. The van der Waals surface area contributed by atoms with Crippen LogP contribution in [0.15, 0.2) is 16.6 Å². The summed E-state index contributed by atoms with van der Waals surface area (Å²) in [7, 11) is 0. The van der Waals surface area contributed by atoms with Crippen molar-refractivity contribution in [2.45, 2.75) is 45.1 Å². The van der Waals surface area contributed by atoms with Crippen LogP contribution in [0.3, 0.4) is 0 Å². The Morgan fingerprint density at radius 2 is 1.93 bits per heavy atom. The van der Waals surface area contributed by atoms with Crippen molar-refractivity contribution in [3.05, 3.63) is 33.3 Å². The molecule has 1 nitrogen and oxygen atoms in total. The Kier molecular flexibility index (Phi) is 2.68. The van der Waals surface area contributed by atoms with Crippen LogP contribution in [0.25, 0.3) is 0 Å². The zero-order valence-corrected chi connectivity index (χ0v) is 11.1. The van der Waals surface area contributed by atoms with E-state index in [0.29, 0.717) is 0 Å². The second-order valence-electron chi connectivity index (χ2n) is 4.70. The monoisotopic (exact) mass is 268 g/mol. The molecular formula is C13H17BrO. The first-order valence-electron chi connectivity index (χ1n) is 5.43. The van der Waals surface area contributed by atoms with Crippen LogP contribution in [0, 0.1) is 13.8 Å². The van der Waals surface area contributed by atoms with Gasteiger partial charge in [-0.15, -0.1) is 0 Å². The molecule has 0 spiro atoms. The fourth-order valence-electron chi connectivity index (χ4n) is 2.41. The van der Waals surface area contributed by atoms with Crippen LogP contribution in [0.1, 0.15) is 36.5 Å². The number of hydrogen-bond acceptors (Lipinski definition) is 1. The largest absolute Gasteiger partial charge is 0.392 e. The number of rotatable bonds is 2. The van der Waals surface area contributed by atoms with Gasteiger partial charge in [0.25, 0.3) is 0 Å². The molecule has 2 rings (SSSR count). The molecule has 0 saturated heterocycles. The minimum atomic E-state index is -0.245. The highest BCUT2D eigenvalue weighted by molar-refractivity contribution is 9.10. The minimum absolute atomic E-state index is 0.0420. The maximum Gasteiger partial charge on any atom is 0.0608 e. The van der Waals surface area contributed by atoms with Crippen molar-refractivity contribution < 1.29 is 5.11 Å². The van der Waals surface area contributed by atoms with Crippen molar-refractivity contribution in [3.8, 4) is 0 Å². The smallest absolute Gasteiger partial charge is 0.0608 e. The maximum absolute atomic E-state index is 9.87. The van der Waals surface area contributed by atoms with E-state index >= 15 is 0 Å². The van der Waals surface area contributed by atoms with Gasteiger partial charge in [-0.05, 0) is 50.3 Å². The fraction of sp³-hybridized carbons (Fsp3) is 0.538. The normalized spacial score (nSPS) is 20.1. The van der Waals surface area contributed by atoms with E-state index < -0.39 is 0 Å². The molecule has 1 aliphatic carbocycles. The standard InChI is InChI=1S/C13H17BrO/c1-8-4-5-11(9(2)12(8)14)13(6-7-13)10(3)15/h4-5,10,15H,6-7H2,1-3H3. The van der Waals surface area contributed by atoms with Gasteiger partial charge in [0, 0.05) is 9.89 Å². The van der Waals surface area contributed by atoms with Crippen molar-refractivity contribution in [1.29, 1.82) is 0 Å². The summed E-state index contributed by atoms with van der Waals surface area (Å²) >= 11 is 3.62. The van der Waals surface area contributed by atoms with Gasteiger partial charge in [0.1, 0.15) is 0 Å². The third-order valence-electron chi connectivity index (χ3n) is 3.70. The van der Waals surface area contributed by atoms with E-state index in [1.54, 1.807) is 0 Å². The SMILES string of the molecule is Cc1ccc(C2(C(C)O)CC2)c(C)c1Br. The first-order valence-corrected chi connectivity index (χ1v) is 6.22. The molecule has 82 valence electrons. The van der Waals surface area contributed by atoms with E-state index in [0.717, 1.165) is 12.8 Å². The molecule has 1 saturated carbocycles. The van der Waals surface area contributed by atoms with Gasteiger partial charge >= 0.3 is 0 Å². The molecule has 0 radical (unpaired) electrons. The van der Waals surface area contributed by atoms with Gasteiger partial charge in [-0.1, -0.05) is 28.1 Å². The zero-order chi connectivity index (χ0) is 11.2. The van der Waals surface area contributed by atoms with Crippen LogP contribution < -0.4 is 0 Å². The van der Waals surface area contributed by atoms with Crippen LogP contribution in [0.4, 0.5) is 0 Å². The van der Waals surface area contributed by atoms with Crippen molar-refractivity contribution >= 4 is 15.9 Å². The van der Waals surface area contributed by atoms with Gasteiger partial charge in [-0.3, -0.25) is 0 Å². The van der Waals surface area contributed by atoms with Crippen LogP contribution in [0.5, 0.6) is 0 Å². The summed E-state index contributed by atoms with van der Waals surface area (Å²) in [6.07, 6.45) is 1.98. The van der Waals surface area contributed by atoms with Crippen molar-refractivity contribution in [2.75, 3.05) is 0 Å². The molecule has 0 aliphatic heterocycles. The summed E-state index contributed by atoms with van der Waals surface area (Å²) < 4.78 is 1.19. The molecule has 1 fully saturated rings. The predicted octanol–water partition coefficient (Wildman–Crippen LogP) is 3.48. The van der Waals surface area contributed by atoms with Gasteiger partial charge < -0.3 is 5.11 Å². The number of aliphatic hydroxyl groups is 1. The fourth-order valence-corrected chi connectivity index (χ4v) is 2.75. The third kappa shape index (κ3) is 1.64. The van der Waals surface area contributed by atoms with Crippen LogP contribution in [-0.2, 0) is 5.41 Å². The maximum atomic E-state index is 9.87. The Morgan fingerprint density at radius 1 is 1.33 bits per heavy atom. The number of aliphatic hydroxyl groups excluding tert-OH is 1. The van der Waals surface area contributed by atoms with E-state index in [9.17, 15) is 5.11 Å².